The fourth-order valence-electron chi connectivity index (χ4n) is 1.72. The molecule has 3 heteroatoms. The van der Waals surface area contributed by atoms with Crippen molar-refractivity contribution >= 4 is 42.1 Å². The van der Waals surface area contributed by atoms with Crippen LogP contribution in [0.25, 0.3) is 20.7 Å². The van der Waals surface area contributed by atoms with E-state index in [9.17, 15) is 0 Å². The number of hydrogen-bond acceptors (Lipinski definition) is 2. The molecule has 0 spiro atoms. The molecule has 4 radical (unpaired) electrons. The standard InChI is InChI=1S/C13H7OS.Al/c1-9-6-7-11(14-9)13-8-10-4-2-3-5-12(10)15-13;/h1-7H;. The topological polar surface area (TPSA) is 13.1 Å². The average molecular weight is 238 g/mol. The summed E-state index contributed by atoms with van der Waals surface area (Å²) in [5.74, 6) is 1.29. The summed E-state index contributed by atoms with van der Waals surface area (Å²) < 4.78 is 7.89. The van der Waals surface area contributed by atoms with Gasteiger partial charge in [0.2, 0.25) is 0 Å². The van der Waals surface area contributed by atoms with Crippen LogP contribution >= 0.6 is 11.3 Å². The first-order valence-electron chi connectivity index (χ1n) is 4.88. The summed E-state index contributed by atoms with van der Waals surface area (Å²) in [6.45, 7) is 5.59. The largest absolute Gasteiger partial charge is 0.460 e. The second-order valence-corrected chi connectivity index (χ2v) is 5.17. The Hall–Kier alpha value is -1.01. The maximum atomic E-state index is 5.59. The number of fused-ring (bicyclic) bond motifs is 1. The van der Waals surface area contributed by atoms with Crippen LogP contribution in [0.2, 0.25) is 0 Å². The minimum atomic E-state index is 0.455. The minimum Gasteiger partial charge on any atom is -0.460 e. The molecule has 0 unspecified atom stereocenters. The van der Waals surface area contributed by atoms with Gasteiger partial charge in [-0.25, -0.2) is 0 Å². The van der Waals surface area contributed by atoms with Gasteiger partial charge < -0.3 is 4.42 Å². The van der Waals surface area contributed by atoms with Gasteiger partial charge in [0, 0.05) is 11.6 Å². The molecule has 74 valence electrons. The zero-order chi connectivity index (χ0) is 11.1. The Kier molecular flexibility index (Phi) is 2.40. The Morgan fingerprint density at radius 2 is 1.94 bits per heavy atom. The van der Waals surface area contributed by atoms with Crippen molar-refractivity contribution in [3.8, 4) is 10.6 Å². The lowest BCUT2D eigenvalue weighted by atomic mass is 10.2. The van der Waals surface area contributed by atoms with Crippen LogP contribution < -0.4 is 4.43 Å². The summed E-state index contributed by atoms with van der Waals surface area (Å²) in [5, 5.41) is 1.25. The van der Waals surface area contributed by atoms with Crippen molar-refractivity contribution in [2.24, 2.45) is 0 Å². The molecule has 2 aromatic heterocycles. The van der Waals surface area contributed by atoms with E-state index in [4.69, 9.17) is 11.3 Å². The van der Waals surface area contributed by atoms with Crippen LogP contribution in [-0.2, 0) is 0 Å². The van der Waals surface area contributed by atoms with Gasteiger partial charge in [-0.1, -0.05) is 18.2 Å². The highest BCUT2D eigenvalue weighted by Gasteiger charge is 2.11. The highest BCUT2D eigenvalue weighted by Crippen LogP contribution is 2.31. The van der Waals surface area contributed by atoms with Crippen molar-refractivity contribution in [1.82, 2.24) is 0 Å². The smallest absolute Gasteiger partial charge is 0.179 e. The molecule has 0 aliphatic carbocycles. The van der Waals surface area contributed by atoms with Gasteiger partial charge in [0.1, 0.15) is 11.5 Å². The second kappa shape index (κ2) is 3.78. The number of furan rings is 1. The van der Waals surface area contributed by atoms with Crippen molar-refractivity contribution in [1.29, 1.82) is 0 Å². The first kappa shape index (κ1) is 10.2. The predicted octanol–water partition coefficient (Wildman–Crippen LogP) is 3.01. The summed E-state index contributed by atoms with van der Waals surface area (Å²) in [6.07, 6.45) is 0. The Labute approximate surface area is 106 Å². The number of rotatable bonds is 1. The highest BCUT2D eigenvalue weighted by molar-refractivity contribution is 7.23. The number of thiophene rings is 1. The molecular weight excluding hydrogens is 231 g/mol. The van der Waals surface area contributed by atoms with Gasteiger partial charge in [-0.15, -0.1) is 15.8 Å². The van der Waals surface area contributed by atoms with E-state index in [0.29, 0.717) is 5.76 Å². The summed E-state index contributed by atoms with van der Waals surface area (Å²) in [6, 6.07) is 12.0. The number of hydrogen-bond donors (Lipinski definition) is 0. The van der Waals surface area contributed by atoms with Crippen LogP contribution in [0, 0.1) is 6.92 Å². The Balaban J connectivity index is 2.28. The number of benzene rings is 1. The molecule has 0 bridgehead atoms. The zero-order valence-electron chi connectivity index (χ0n) is 8.44. The first-order chi connectivity index (χ1) is 7.75. The van der Waals surface area contributed by atoms with E-state index in [1.807, 2.05) is 18.2 Å². The third-order valence-corrected chi connectivity index (χ3v) is 4.49. The van der Waals surface area contributed by atoms with E-state index in [-0.39, 0.29) is 0 Å². The van der Waals surface area contributed by atoms with Crippen LogP contribution in [0.15, 0.2) is 40.8 Å². The van der Waals surface area contributed by atoms with E-state index in [1.165, 1.54) is 14.5 Å². The molecular formula is C13H7AlOS. The molecule has 0 N–H and O–H groups in total. The van der Waals surface area contributed by atoms with Gasteiger partial charge in [0.25, 0.3) is 0 Å². The molecule has 0 atom stereocenters. The second-order valence-electron chi connectivity index (χ2n) is 3.54. The van der Waals surface area contributed by atoms with Gasteiger partial charge >= 0.3 is 0 Å². The van der Waals surface area contributed by atoms with Crippen molar-refractivity contribution in [3.63, 3.8) is 0 Å². The molecule has 0 aliphatic heterocycles. The first-order valence-corrected chi connectivity index (χ1v) is 6.28. The van der Waals surface area contributed by atoms with E-state index in [1.54, 1.807) is 17.4 Å². The Morgan fingerprint density at radius 3 is 2.62 bits per heavy atom. The molecule has 0 fully saturated rings. The molecule has 0 amide bonds. The van der Waals surface area contributed by atoms with E-state index in [2.05, 4.69) is 28.4 Å². The maximum absolute atomic E-state index is 5.59. The van der Waals surface area contributed by atoms with Gasteiger partial charge in [-0.3, -0.25) is 0 Å². The van der Waals surface area contributed by atoms with Crippen molar-refractivity contribution in [2.45, 2.75) is 0 Å². The van der Waals surface area contributed by atoms with Crippen molar-refractivity contribution in [2.75, 3.05) is 0 Å². The van der Waals surface area contributed by atoms with Crippen LogP contribution in [-0.4, -0.2) is 16.3 Å². The van der Waals surface area contributed by atoms with E-state index >= 15 is 0 Å². The SMILES string of the molecule is [CH]c1ccc(-c2sc3ccccc3[c]2[Al])o1. The molecule has 2 heterocycles. The lowest BCUT2D eigenvalue weighted by Gasteiger charge is -1.95. The molecule has 1 aromatic carbocycles. The van der Waals surface area contributed by atoms with Crippen molar-refractivity contribution in [3.05, 3.63) is 49.1 Å². The molecule has 1 nitrogen and oxygen atoms in total. The predicted molar refractivity (Wildman–Crippen MR) is 68.3 cm³/mol. The molecule has 3 rings (SSSR count). The van der Waals surface area contributed by atoms with E-state index in [0.717, 1.165) is 10.6 Å². The fraction of sp³-hybridized carbons (Fsp3) is 0. The van der Waals surface area contributed by atoms with Crippen LogP contribution in [0.1, 0.15) is 5.76 Å². The quantitative estimate of drug-likeness (QED) is 0.594. The van der Waals surface area contributed by atoms with Gasteiger partial charge in [0.15, 0.2) is 16.3 Å². The minimum absolute atomic E-state index is 0.455. The maximum Gasteiger partial charge on any atom is 0.179 e. The fourth-order valence-corrected chi connectivity index (χ4v) is 3.48. The van der Waals surface area contributed by atoms with Crippen molar-refractivity contribution < 1.29 is 4.42 Å². The summed E-state index contributed by atoms with van der Waals surface area (Å²) in [5.41, 5.74) is 0. The Bertz CT molecular complexity index is 651. The van der Waals surface area contributed by atoms with Gasteiger partial charge in [0.05, 0.1) is 4.88 Å². The summed E-state index contributed by atoms with van der Waals surface area (Å²) in [4.78, 5) is 1.13. The normalized spacial score (nSPS) is 11.1. The van der Waals surface area contributed by atoms with Crippen LogP contribution in [0.5, 0.6) is 0 Å². The zero-order valence-corrected chi connectivity index (χ0v) is 10.4. The molecule has 3 aromatic rings. The van der Waals surface area contributed by atoms with Gasteiger partial charge in [-0.2, -0.15) is 0 Å². The lowest BCUT2D eigenvalue weighted by Crippen LogP contribution is -2.01. The average Bonchev–Trinajstić information content (AvgIpc) is 2.84. The van der Waals surface area contributed by atoms with Crippen LogP contribution in [0.3, 0.4) is 0 Å². The molecule has 0 saturated carbocycles. The highest BCUT2D eigenvalue weighted by atomic mass is 32.1. The summed E-state index contributed by atoms with van der Waals surface area (Å²) in [7, 11) is 0. The lowest BCUT2D eigenvalue weighted by molar-refractivity contribution is 0.565. The molecule has 0 aliphatic rings. The van der Waals surface area contributed by atoms with Crippen LogP contribution in [0.4, 0.5) is 0 Å². The monoisotopic (exact) mass is 238 g/mol. The van der Waals surface area contributed by atoms with E-state index < -0.39 is 0 Å². The summed E-state index contributed by atoms with van der Waals surface area (Å²) >= 11 is 4.50. The molecule has 16 heavy (non-hydrogen) atoms. The third kappa shape index (κ3) is 1.53. The van der Waals surface area contributed by atoms with Gasteiger partial charge in [-0.05, 0) is 23.6 Å². The molecule has 0 saturated heterocycles. The third-order valence-electron chi connectivity index (χ3n) is 2.48. The Morgan fingerprint density at radius 1 is 1.12 bits per heavy atom.